The highest BCUT2D eigenvalue weighted by atomic mass is 16.6. The Kier molecular flexibility index (Phi) is 13.2. The molecule has 0 radical (unpaired) electrons. The van der Waals surface area contributed by atoms with Crippen molar-refractivity contribution in [2.45, 2.75) is 108 Å². The number of ether oxygens (including phenoxy) is 2. The van der Waals surface area contributed by atoms with Gasteiger partial charge in [0, 0.05) is 32.7 Å². The first-order valence-electron chi connectivity index (χ1n) is 17.4. The number of likely N-dealkylation sites (tertiary alicyclic amines) is 1. The Morgan fingerprint density at radius 2 is 1.89 bits per heavy atom. The van der Waals surface area contributed by atoms with Crippen molar-refractivity contribution in [2.24, 2.45) is 11.8 Å². The van der Waals surface area contributed by atoms with Crippen LogP contribution in [0.15, 0.2) is 55.6 Å². The van der Waals surface area contributed by atoms with E-state index in [1.807, 2.05) is 30.3 Å². The quantitative estimate of drug-likeness (QED) is 0.121. The molecule has 0 aliphatic carbocycles. The molecule has 258 valence electrons. The third-order valence-electron chi connectivity index (χ3n) is 9.85. The van der Waals surface area contributed by atoms with Gasteiger partial charge in [-0.05, 0) is 51.0 Å². The van der Waals surface area contributed by atoms with Gasteiger partial charge in [-0.3, -0.25) is 19.2 Å². The zero-order valence-corrected chi connectivity index (χ0v) is 28.1. The first-order chi connectivity index (χ1) is 22.7. The molecule has 2 N–H and O–H groups in total. The molecule has 1 aromatic carbocycles. The zero-order chi connectivity index (χ0) is 34.0. The van der Waals surface area contributed by atoms with Gasteiger partial charge in [-0.1, -0.05) is 68.7 Å². The monoisotopic (exact) mass is 651 g/mol. The fraction of sp³-hybridized carbons (Fsp3) is 0.622. The third kappa shape index (κ3) is 7.97. The number of carbonyl (C=O) groups excluding carboxylic acids is 4. The SMILES string of the molecule is C=CCCC(=O)N[C@@H](C)[C@H](OC(=O)[C@@H]1[C@@H]2CC[C@]3(O2)[C@H](C(=O)N(CC=C)CCCC)N(CCCCCCO)C(=O)[C@@H]13)c1ccccc1. The Hall–Kier alpha value is -3.50. The van der Waals surface area contributed by atoms with Gasteiger partial charge in [-0.25, -0.2) is 0 Å². The molecule has 3 aliphatic rings. The van der Waals surface area contributed by atoms with Crippen LogP contribution >= 0.6 is 0 Å². The van der Waals surface area contributed by atoms with Gasteiger partial charge in [-0.2, -0.15) is 0 Å². The molecule has 10 heteroatoms. The van der Waals surface area contributed by atoms with Gasteiger partial charge in [0.25, 0.3) is 0 Å². The van der Waals surface area contributed by atoms with Gasteiger partial charge in [-0.15, -0.1) is 13.2 Å². The lowest BCUT2D eigenvalue weighted by molar-refractivity contribution is -0.162. The normalized spacial score (nSPS) is 25.6. The van der Waals surface area contributed by atoms with Crippen molar-refractivity contribution in [2.75, 3.05) is 26.2 Å². The molecule has 0 saturated carbocycles. The lowest BCUT2D eigenvalue weighted by Crippen LogP contribution is -2.56. The van der Waals surface area contributed by atoms with Crippen molar-refractivity contribution in [3.63, 3.8) is 0 Å². The number of aliphatic hydroxyl groups excluding tert-OH is 1. The van der Waals surface area contributed by atoms with Crippen molar-refractivity contribution < 1.29 is 33.8 Å². The summed E-state index contributed by atoms with van der Waals surface area (Å²) in [6.07, 6.45) is 8.60. The summed E-state index contributed by atoms with van der Waals surface area (Å²) in [5.74, 6) is -2.86. The Morgan fingerprint density at radius 1 is 1.15 bits per heavy atom. The van der Waals surface area contributed by atoms with Crippen LogP contribution in [0.3, 0.4) is 0 Å². The maximum absolute atomic E-state index is 14.4. The van der Waals surface area contributed by atoms with Crippen LogP contribution in [0.1, 0.15) is 89.7 Å². The minimum atomic E-state index is -1.12. The lowest BCUT2D eigenvalue weighted by Gasteiger charge is -2.37. The zero-order valence-electron chi connectivity index (χ0n) is 28.1. The highest BCUT2D eigenvalue weighted by Gasteiger charge is 2.75. The molecule has 1 aromatic rings. The third-order valence-corrected chi connectivity index (χ3v) is 9.85. The second-order valence-corrected chi connectivity index (χ2v) is 13.1. The number of benzene rings is 1. The van der Waals surface area contributed by atoms with E-state index in [0.717, 1.165) is 31.2 Å². The molecule has 3 aliphatic heterocycles. The van der Waals surface area contributed by atoms with E-state index in [-0.39, 0.29) is 30.7 Å². The molecular weight excluding hydrogens is 598 g/mol. The number of unbranched alkanes of at least 4 members (excludes halogenated alkanes) is 4. The van der Waals surface area contributed by atoms with E-state index in [0.29, 0.717) is 51.7 Å². The molecule has 0 aromatic heterocycles. The van der Waals surface area contributed by atoms with Gasteiger partial charge in [0.1, 0.15) is 17.7 Å². The number of carbonyl (C=O) groups is 4. The molecule has 3 fully saturated rings. The molecule has 3 amide bonds. The maximum atomic E-state index is 14.4. The van der Waals surface area contributed by atoms with E-state index in [1.165, 1.54) is 0 Å². The predicted octanol–water partition coefficient (Wildman–Crippen LogP) is 4.48. The van der Waals surface area contributed by atoms with Gasteiger partial charge >= 0.3 is 5.97 Å². The number of rotatable bonds is 20. The second-order valence-electron chi connectivity index (χ2n) is 13.1. The summed E-state index contributed by atoms with van der Waals surface area (Å²) in [7, 11) is 0. The maximum Gasteiger partial charge on any atom is 0.313 e. The summed E-state index contributed by atoms with van der Waals surface area (Å²) in [6, 6.07) is 7.88. The average Bonchev–Trinajstić information content (AvgIpc) is 3.71. The summed E-state index contributed by atoms with van der Waals surface area (Å²) in [5.41, 5.74) is -0.395. The van der Waals surface area contributed by atoms with E-state index in [4.69, 9.17) is 9.47 Å². The molecule has 47 heavy (non-hydrogen) atoms. The van der Waals surface area contributed by atoms with Crippen LogP contribution in [0.4, 0.5) is 0 Å². The molecule has 0 unspecified atom stereocenters. The van der Waals surface area contributed by atoms with E-state index < -0.39 is 47.7 Å². The minimum Gasteiger partial charge on any atom is -0.455 e. The summed E-state index contributed by atoms with van der Waals surface area (Å²) in [6.45, 7) is 12.8. The van der Waals surface area contributed by atoms with Gasteiger partial charge in [0.05, 0.1) is 24.0 Å². The molecule has 3 heterocycles. The number of hydrogen-bond donors (Lipinski definition) is 2. The number of fused-ring (bicyclic) bond motifs is 1. The molecule has 4 rings (SSSR count). The van der Waals surface area contributed by atoms with Gasteiger partial charge in [0.15, 0.2) is 0 Å². The van der Waals surface area contributed by atoms with Crippen molar-refractivity contribution in [3.8, 4) is 0 Å². The standard InChI is InChI=1S/C37H53N3O7/c1-5-8-19-29(42)38-26(4)32(27-17-13-12-14-18-27)46-36(45)30-28-20-21-37(47-28)31(30)34(43)40(24-15-10-11-16-25-41)33(37)35(44)39(22-7-3)23-9-6-2/h5,7,12-14,17-18,26,28,30-33,41H,1,3,6,8-11,15-16,19-25H2,2,4H3,(H,38,42)/t26-,28-,30+,31+,32-,33-,37+/m0/s1. The van der Waals surface area contributed by atoms with Crippen molar-refractivity contribution >= 4 is 23.7 Å². The Morgan fingerprint density at radius 3 is 2.57 bits per heavy atom. The Labute approximate surface area is 279 Å². The van der Waals surface area contributed by atoms with Crippen LogP contribution < -0.4 is 5.32 Å². The molecule has 3 saturated heterocycles. The molecule has 7 atom stereocenters. The number of nitrogens with one attached hydrogen (secondary N) is 1. The molecule has 2 bridgehead atoms. The minimum absolute atomic E-state index is 0.114. The Bertz CT molecular complexity index is 1260. The van der Waals surface area contributed by atoms with Crippen molar-refractivity contribution in [1.82, 2.24) is 15.1 Å². The smallest absolute Gasteiger partial charge is 0.313 e. The highest BCUT2D eigenvalue weighted by Crippen LogP contribution is 2.59. The Balaban J connectivity index is 1.63. The fourth-order valence-corrected chi connectivity index (χ4v) is 7.60. The molecule has 10 nitrogen and oxygen atoms in total. The van der Waals surface area contributed by atoms with Crippen LogP contribution in [-0.4, -0.2) is 88.6 Å². The summed E-state index contributed by atoms with van der Waals surface area (Å²) in [5, 5.41) is 12.2. The van der Waals surface area contributed by atoms with E-state index in [9.17, 15) is 24.3 Å². The van der Waals surface area contributed by atoms with E-state index in [2.05, 4.69) is 25.4 Å². The van der Waals surface area contributed by atoms with Crippen LogP contribution in [0.25, 0.3) is 0 Å². The molecule has 1 spiro atoms. The van der Waals surface area contributed by atoms with Crippen molar-refractivity contribution in [1.29, 1.82) is 0 Å². The number of esters is 1. The van der Waals surface area contributed by atoms with Crippen LogP contribution in [0, 0.1) is 11.8 Å². The van der Waals surface area contributed by atoms with Crippen LogP contribution in [0.5, 0.6) is 0 Å². The second kappa shape index (κ2) is 17.1. The van der Waals surface area contributed by atoms with Gasteiger partial charge < -0.3 is 29.7 Å². The number of allylic oxidation sites excluding steroid dienone is 1. The van der Waals surface area contributed by atoms with Crippen molar-refractivity contribution in [3.05, 3.63) is 61.2 Å². The van der Waals surface area contributed by atoms with Crippen LogP contribution in [-0.2, 0) is 28.7 Å². The lowest BCUT2D eigenvalue weighted by atomic mass is 9.70. The molecular formula is C37H53N3O7. The summed E-state index contributed by atoms with van der Waals surface area (Å²) in [4.78, 5) is 59.0. The topological polar surface area (TPSA) is 125 Å². The first-order valence-corrected chi connectivity index (χ1v) is 17.4. The largest absolute Gasteiger partial charge is 0.455 e. The van der Waals surface area contributed by atoms with E-state index >= 15 is 0 Å². The predicted molar refractivity (Wildman–Crippen MR) is 179 cm³/mol. The summed E-state index contributed by atoms with van der Waals surface area (Å²) >= 11 is 0. The number of amides is 3. The van der Waals surface area contributed by atoms with Crippen LogP contribution in [0.2, 0.25) is 0 Å². The summed E-state index contributed by atoms with van der Waals surface area (Å²) < 4.78 is 12.9. The van der Waals surface area contributed by atoms with E-state index in [1.54, 1.807) is 28.9 Å². The fourth-order valence-electron chi connectivity index (χ4n) is 7.60. The van der Waals surface area contributed by atoms with Gasteiger partial charge in [0.2, 0.25) is 17.7 Å². The number of nitrogens with zero attached hydrogens (tertiary/aromatic N) is 2. The first kappa shape index (κ1) is 36.3. The highest BCUT2D eigenvalue weighted by molar-refractivity contribution is 5.98. The number of hydrogen-bond acceptors (Lipinski definition) is 7. The number of aliphatic hydroxyl groups is 1. The average molecular weight is 652 g/mol.